The summed E-state index contributed by atoms with van der Waals surface area (Å²) >= 11 is 6.18. The Morgan fingerprint density at radius 3 is 2.40 bits per heavy atom. The van der Waals surface area contributed by atoms with Crippen LogP contribution in [0.5, 0.6) is 0 Å². The lowest BCUT2D eigenvalue weighted by molar-refractivity contribution is 0.0827. The highest BCUT2D eigenvalue weighted by atomic mass is 35.5. The number of nitrogens with one attached hydrogen (secondary N) is 1. The maximum absolute atomic E-state index is 12.7. The van der Waals surface area contributed by atoms with Gasteiger partial charge in [-0.25, -0.2) is 0 Å². The molecule has 0 bridgehead atoms. The molecule has 2 aromatic rings. The first kappa shape index (κ1) is 19.0. The van der Waals surface area contributed by atoms with E-state index >= 15 is 0 Å². The Bertz CT molecular complexity index is 819. The fraction of sp³-hybridized carbons (Fsp3) is 0.389. The summed E-state index contributed by atoms with van der Waals surface area (Å²) in [4.78, 5) is 26.1. The van der Waals surface area contributed by atoms with Gasteiger partial charge in [-0.1, -0.05) is 37.5 Å². The van der Waals surface area contributed by atoms with Crippen molar-refractivity contribution in [2.24, 2.45) is 0 Å². The molecular formula is C18H22ClN3O3. The van der Waals surface area contributed by atoms with Gasteiger partial charge in [-0.15, -0.1) is 0 Å². The van der Waals surface area contributed by atoms with Crippen molar-refractivity contribution < 1.29 is 14.1 Å². The van der Waals surface area contributed by atoms with Crippen LogP contribution < -0.4 is 5.32 Å². The number of hydrogen-bond donors (Lipinski definition) is 1. The van der Waals surface area contributed by atoms with E-state index in [1.54, 1.807) is 39.2 Å². The first-order valence-corrected chi connectivity index (χ1v) is 8.19. The summed E-state index contributed by atoms with van der Waals surface area (Å²) in [5, 5.41) is 7.07. The van der Waals surface area contributed by atoms with E-state index in [-0.39, 0.29) is 22.3 Å². The quantitative estimate of drug-likeness (QED) is 0.897. The molecule has 1 heterocycles. The molecule has 1 N–H and O–H groups in total. The van der Waals surface area contributed by atoms with Gasteiger partial charge in [-0.05, 0) is 25.1 Å². The van der Waals surface area contributed by atoms with E-state index in [1.165, 1.54) is 4.90 Å². The molecule has 25 heavy (non-hydrogen) atoms. The van der Waals surface area contributed by atoms with Crippen molar-refractivity contribution in [2.45, 2.75) is 33.1 Å². The predicted molar refractivity (Wildman–Crippen MR) is 97.4 cm³/mol. The fourth-order valence-electron chi connectivity index (χ4n) is 2.35. The van der Waals surface area contributed by atoms with E-state index in [2.05, 4.69) is 10.5 Å². The molecular weight excluding hydrogens is 342 g/mol. The third kappa shape index (κ3) is 4.02. The second kappa shape index (κ2) is 6.88. The SMILES string of the molecule is Cc1onc(C(C)(C)C)c1C(=O)Nc1ccc(C(=O)N(C)C)c(Cl)c1. The number of aromatic nitrogens is 1. The minimum Gasteiger partial charge on any atom is -0.361 e. The minimum atomic E-state index is -0.329. The second-order valence-corrected chi connectivity index (χ2v) is 7.47. The number of carbonyl (C=O) groups is 2. The van der Waals surface area contributed by atoms with Crippen LogP contribution in [0.15, 0.2) is 22.7 Å². The summed E-state index contributed by atoms with van der Waals surface area (Å²) in [5.41, 5.74) is 1.54. The second-order valence-electron chi connectivity index (χ2n) is 7.06. The summed E-state index contributed by atoms with van der Waals surface area (Å²) in [6.07, 6.45) is 0. The lowest BCUT2D eigenvalue weighted by Crippen LogP contribution is -2.22. The third-order valence-corrected chi connectivity index (χ3v) is 3.98. The molecule has 0 fully saturated rings. The standard InChI is InChI=1S/C18H22ClN3O3/c1-10-14(15(21-25-10)18(2,3)4)16(23)20-11-7-8-12(13(19)9-11)17(24)22(5)6/h7-9H,1-6H3,(H,20,23). The molecule has 0 unspecified atom stereocenters. The molecule has 134 valence electrons. The van der Waals surface area contributed by atoms with Crippen molar-refractivity contribution in [3.8, 4) is 0 Å². The number of hydrogen-bond acceptors (Lipinski definition) is 4. The highest BCUT2D eigenvalue weighted by Gasteiger charge is 2.29. The van der Waals surface area contributed by atoms with Crippen LogP contribution in [0, 0.1) is 6.92 Å². The van der Waals surface area contributed by atoms with Gasteiger partial charge in [0.2, 0.25) is 0 Å². The van der Waals surface area contributed by atoms with Crippen molar-refractivity contribution in [2.75, 3.05) is 19.4 Å². The molecule has 7 heteroatoms. The van der Waals surface area contributed by atoms with Gasteiger partial charge in [0.15, 0.2) is 0 Å². The van der Waals surface area contributed by atoms with Crippen molar-refractivity contribution >= 4 is 29.1 Å². The van der Waals surface area contributed by atoms with Crippen molar-refractivity contribution in [3.05, 3.63) is 45.8 Å². The topological polar surface area (TPSA) is 75.4 Å². The van der Waals surface area contributed by atoms with Crippen LogP contribution in [0.1, 0.15) is 52.9 Å². The average Bonchev–Trinajstić information content (AvgIpc) is 2.88. The molecule has 0 saturated carbocycles. The van der Waals surface area contributed by atoms with E-state index in [0.29, 0.717) is 28.3 Å². The number of rotatable bonds is 3. The lowest BCUT2D eigenvalue weighted by Gasteiger charge is -2.16. The van der Waals surface area contributed by atoms with Gasteiger partial charge in [0.1, 0.15) is 17.0 Å². The normalized spacial score (nSPS) is 11.3. The summed E-state index contributed by atoms with van der Waals surface area (Å²) in [6, 6.07) is 4.78. The van der Waals surface area contributed by atoms with Gasteiger partial charge in [0, 0.05) is 25.2 Å². The van der Waals surface area contributed by atoms with Gasteiger partial charge in [-0.2, -0.15) is 0 Å². The molecule has 1 aromatic carbocycles. The molecule has 0 spiro atoms. The van der Waals surface area contributed by atoms with E-state index < -0.39 is 0 Å². The van der Waals surface area contributed by atoms with Crippen LogP contribution in [-0.2, 0) is 5.41 Å². The van der Waals surface area contributed by atoms with Crippen molar-refractivity contribution in [1.82, 2.24) is 10.1 Å². The molecule has 0 atom stereocenters. The van der Waals surface area contributed by atoms with Gasteiger partial charge in [0.25, 0.3) is 11.8 Å². The Morgan fingerprint density at radius 1 is 1.24 bits per heavy atom. The first-order chi connectivity index (χ1) is 11.5. The highest BCUT2D eigenvalue weighted by Crippen LogP contribution is 2.28. The monoisotopic (exact) mass is 363 g/mol. The van der Waals surface area contributed by atoms with Gasteiger partial charge < -0.3 is 14.7 Å². The van der Waals surface area contributed by atoms with E-state index in [4.69, 9.17) is 16.1 Å². The van der Waals surface area contributed by atoms with Crippen LogP contribution in [0.25, 0.3) is 0 Å². The fourth-order valence-corrected chi connectivity index (χ4v) is 2.61. The zero-order valence-electron chi connectivity index (χ0n) is 15.2. The summed E-state index contributed by atoms with van der Waals surface area (Å²) in [6.45, 7) is 7.57. The van der Waals surface area contributed by atoms with Crippen LogP contribution >= 0.6 is 11.6 Å². The number of amides is 2. The zero-order chi connectivity index (χ0) is 18.9. The number of anilines is 1. The lowest BCUT2D eigenvalue weighted by atomic mass is 9.88. The molecule has 6 nitrogen and oxygen atoms in total. The minimum absolute atomic E-state index is 0.201. The Hall–Kier alpha value is -2.34. The van der Waals surface area contributed by atoms with Gasteiger partial charge in [0.05, 0.1) is 10.6 Å². The molecule has 2 rings (SSSR count). The molecule has 1 aromatic heterocycles. The number of halogens is 1. The molecule has 2 amide bonds. The molecule has 0 saturated heterocycles. The smallest absolute Gasteiger partial charge is 0.261 e. The summed E-state index contributed by atoms with van der Waals surface area (Å²) < 4.78 is 5.19. The maximum Gasteiger partial charge on any atom is 0.261 e. The van der Waals surface area contributed by atoms with Crippen LogP contribution in [0.3, 0.4) is 0 Å². The molecule has 0 aliphatic carbocycles. The number of nitrogens with zero attached hydrogens (tertiary/aromatic N) is 2. The van der Waals surface area contributed by atoms with Crippen molar-refractivity contribution in [3.63, 3.8) is 0 Å². The van der Waals surface area contributed by atoms with E-state index in [1.807, 2.05) is 20.8 Å². The Kier molecular flexibility index (Phi) is 5.23. The van der Waals surface area contributed by atoms with Crippen molar-refractivity contribution in [1.29, 1.82) is 0 Å². The maximum atomic E-state index is 12.7. The van der Waals surface area contributed by atoms with E-state index in [0.717, 1.165) is 0 Å². The summed E-state index contributed by atoms with van der Waals surface area (Å²) in [5.74, 6) is -0.0767. The Labute approximate surface area is 152 Å². The Morgan fingerprint density at radius 2 is 1.88 bits per heavy atom. The number of carbonyl (C=O) groups excluding carboxylic acids is 2. The number of benzene rings is 1. The van der Waals surface area contributed by atoms with Crippen LogP contribution in [-0.4, -0.2) is 36.0 Å². The summed E-state index contributed by atoms with van der Waals surface area (Å²) in [7, 11) is 3.30. The van der Waals surface area contributed by atoms with Gasteiger partial charge >= 0.3 is 0 Å². The van der Waals surface area contributed by atoms with Crippen LogP contribution in [0.2, 0.25) is 5.02 Å². The first-order valence-electron chi connectivity index (χ1n) is 7.81. The molecule has 0 aliphatic heterocycles. The number of aryl methyl sites for hydroxylation is 1. The largest absolute Gasteiger partial charge is 0.361 e. The third-order valence-electron chi connectivity index (χ3n) is 3.66. The Balaban J connectivity index is 2.30. The van der Waals surface area contributed by atoms with E-state index in [9.17, 15) is 9.59 Å². The van der Waals surface area contributed by atoms with Gasteiger partial charge in [-0.3, -0.25) is 9.59 Å². The predicted octanol–water partition coefficient (Wildman–Crippen LogP) is 3.89. The zero-order valence-corrected chi connectivity index (χ0v) is 16.0. The molecule has 0 radical (unpaired) electrons. The van der Waals surface area contributed by atoms with Crippen LogP contribution in [0.4, 0.5) is 5.69 Å². The molecule has 0 aliphatic rings. The highest BCUT2D eigenvalue weighted by molar-refractivity contribution is 6.34. The average molecular weight is 364 g/mol.